The molecule has 9 nitrogen and oxygen atoms in total. The van der Waals surface area contributed by atoms with E-state index in [-0.39, 0.29) is 11.9 Å². The van der Waals surface area contributed by atoms with Crippen LogP contribution >= 0.6 is 0 Å². The SMILES string of the molecule is COc1cccc(-c2nn(C(C)c3cnn(-c4ccccc4F)c3)c3ncnc(N)c23)n1. The van der Waals surface area contributed by atoms with E-state index in [4.69, 9.17) is 15.6 Å². The highest BCUT2D eigenvalue weighted by atomic mass is 19.1. The molecule has 4 heterocycles. The van der Waals surface area contributed by atoms with Gasteiger partial charge in [0.25, 0.3) is 0 Å². The first-order valence-electron chi connectivity index (χ1n) is 9.86. The van der Waals surface area contributed by atoms with Crippen LogP contribution in [0.25, 0.3) is 28.1 Å². The molecule has 0 aliphatic carbocycles. The highest BCUT2D eigenvalue weighted by Crippen LogP contribution is 2.33. The topological polar surface area (TPSA) is 110 Å². The molecule has 5 aromatic rings. The van der Waals surface area contributed by atoms with Gasteiger partial charge >= 0.3 is 0 Å². The van der Waals surface area contributed by atoms with Crippen molar-refractivity contribution in [2.75, 3.05) is 12.8 Å². The molecule has 0 aliphatic rings. The summed E-state index contributed by atoms with van der Waals surface area (Å²) >= 11 is 0. The number of hydrogen-bond acceptors (Lipinski definition) is 7. The van der Waals surface area contributed by atoms with E-state index in [0.717, 1.165) is 5.56 Å². The van der Waals surface area contributed by atoms with Crippen molar-refractivity contribution < 1.29 is 9.13 Å². The van der Waals surface area contributed by atoms with Gasteiger partial charge in [0.2, 0.25) is 5.88 Å². The average molecular weight is 430 g/mol. The van der Waals surface area contributed by atoms with E-state index in [2.05, 4.69) is 20.1 Å². The number of fused-ring (bicyclic) bond motifs is 1. The summed E-state index contributed by atoms with van der Waals surface area (Å²) in [4.78, 5) is 13.0. The molecule has 0 bridgehead atoms. The van der Waals surface area contributed by atoms with E-state index < -0.39 is 0 Å². The van der Waals surface area contributed by atoms with Crippen molar-refractivity contribution in [1.82, 2.24) is 34.5 Å². The van der Waals surface area contributed by atoms with Crippen molar-refractivity contribution >= 4 is 16.9 Å². The second kappa shape index (κ2) is 7.73. The summed E-state index contributed by atoms with van der Waals surface area (Å²) in [6.45, 7) is 1.95. The van der Waals surface area contributed by atoms with E-state index in [9.17, 15) is 4.39 Å². The summed E-state index contributed by atoms with van der Waals surface area (Å²) in [7, 11) is 1.55. The van der Waals surface area contributed by atoms with Gasteiger partial charge in [0.05, 0.1) is 30.4 Å². The van der Waals surface area contributed by atoms with Crippen molar-refractivity contribution in [3.63, 3.8) is 0 Å². The van der Waals surface area contributed by atoms with Gasteiger partial charge in [0.15, 0.2) is 5.65 Å². The molecule has 0 radical (unpaired) electrons. The van der Waals surface area contributed by atoms with E-state index in [0.29, 0.717) is 39.8 Å². The van der Waals surface area contributed by atoms with Gasteiger partial charge in [-0.3, -0.25) is 0 Å². The Morgan fingerprint density at radius 3 is 2.75 bits per heavy atom. The summed E-state index contributed by atoms with van der Waals surface area (Å²) in [5, 5.41) is 9.70. The lowest BCUT2D eigenvalue weighted by atomic mass is 10.2. The first-order valence-corrected chi connectivity index (χ1v) is 9.86. The Morgan fingerprint density at radius 2 is 1.94 bits per heavy atom. The molecule has 0 saturated heterocycles. The molecule has 32 heavy (non-hydrogen) atoms. The Balaban J connectivity index is 1.62. The maximum Gasteiger partial charge on any atom is 0.213 e. The van der Waals surface area contributed by atoms with Crippen LogP contribution < -0.4 is 10.5 Å². The number of pyridine rings is 1. The first-order chi connectivity index (χ1) is 15.6. The molecule has 0 amide bonds. The van der Waals surface area contributed by atoms with Crippen LogP contribution in [0.5, 0.6) is 5.88 Å². The van der Waals surface area contributed by atoms with Crippen LogP contribution in [0.15, 0.2) is 61.2 Å². The number of methoxy groups -OCH3 is 1. The largest absolute Gasteiger partial charge is 0.481 e. The van der Waals surface area contributed by atoms with E-state index in [1.165, 1.54) is 17.1 Å². The minimum atomic E-state index is -0.355. The third kappa shape index (κ3) is 3.22. The smallest absolute Gasteiger partial charge is 0.213 e. The highest BCUT2D eigenvalue weighted by molar-refractivity contribution is 5.97. The van der Waals surface area contributed by atoms with Crippen LogP contribution in [-0.2, 0) is 0 Å². The normalized spacial score (nSPS) is 12.2. The Morgan fingerprint density at radius 1 is 1.09 bits per heavy atom. The molecule has 0 fully saturated rings. The molecule has 4 aromatic heterocycles. The van der Waals surface area contributed by atoms with Gasteiger partial charge < -0.3 is 10.5 Å². The fourth-order valence-corrected chi connectivity index (χ4v) is 3.57. The monoisotopic (exact) mass is 430 g/mol. The minimum absolute atomic E-state index is 0.272. The number of nitrogens with zero attached hydrogens (tertiary/aromatic N) is 7. The summed E-state index contributed by atoms with van der Waals surface area (Å²) in [5.74, 6) is 0.404. The van der Waals surface area contributed by atoms with Gasteiger partial charge in [-0.05, 0) is 25.1 Å². The molecule has 160 valence electrons. The zero-order chi connectivity index (χ0) is 22.2. The number of para-hydroxylation sites is 1. The Bertz CT molecular complexity index is 1430. The van der Waals surface area contributed by atoms with E-state index >= 15 is 0 Å². The number of nitrogens with two attached hydrogens (primary N) is 1. The van der Waals surface area contributed by atoms with Crippen LogP contribution in [0, 0.1) is 5.82 Å². The van der Waals surface area contributed by atoms with Crippen molar-refractivity contribution in [1.29, 1.82) is 0 Å². The molecule has 1 atom stereocenters. The molecule has 1 unspecified atom stereocenters. The van der Waals surface area contributed by atoms with E-state index in [1.54, 1.807) is 48.5 Å². The van der Waals surface area contributed by atoms with Crippen molar-refractivity contribution in [2.24, 2.45) is 0 Å². The maximum absolute atomic E-state index is 14.2. The van der Waals surface area contributed by atoms with Gasteiger partial charge in [0.1, 0.15) is 29.3 Å². The minimum Gasteiger partial charge on any atom is -0.481 e. The van der Waals surface area contributed by atoms with Crippen molar-refractivity contribution in [2.45, 2.75) is 13.0 Å². The van der Waals surface area contributed by atoms with Crippen molar-refractivity contribution in [3.8, 4) is 23.0 Å². The highest BCUT2D eigenvalue weighted by Gasteiger charge is 2.23. The number of nitrogen functional groups attached to an aromatic ring is 1. The van der Waals surface area contributed by atoms with Crippen LogP contribution in [-0.4, -0.2) is 41.6 Å². The van der Waals surface area contributed by atoms with Gasteiger partial charge in [-0.25, -0.2) is 28.7 Å². The fourth-order valence-electron chi connectivity index (χ4n) is 3.57. The molecule has 5 rings (SSSR count). The lowest BCUT2D eigenvalue weighted by Crippen LogP contribution is -2.09. The van der Waals surface area contributed by atoms with Crippen LogP contribution in [0.1, 0.15) is 18.5 Å². The zero-order valence-electron chi connectivity index (χ0n) is 17.3. The van der Waals surface area contributed by atoms with Gasteiger partial charge in [-0.1, -0.05) is 18.2 Å². The number of rotatable bonds is 5. The quantitative estimate of drug-likeness (QED) is 0.455. The van der Waals surface area contributed by atoms with Crippen LogP contribution in [0.4, 0.5) is 10.2 Å². The maximum atomic E-state index is 14.2. The number of ether oxygens (including phenoxy) is 1. The average Bonchev–Trinajstić information content (AvgIpc) is 3.45. The second-order valence-corrected chi connectivity index (χ2v) is 7.16. The lowest BCUT2D eigenvalue weighted by molar-refractivity contribution is 0.398. The van der Waals surface area contributed by atoms with Gasteiger partial charge in [0, 0.05) is 17.8 Å². The number of benzene rings is 1. The molecule has 0 saturated carbocycles. The lowest BCUT2D eigenvalue weighted by Gasteiger charge is -2.11. The van der Waals surface area contributed by atoms with Gasteiger partial charge in [-0.15, -0.1) is 0 Å². The molecule has 0 aliphatic heterocycles. The number of aromatic nitrogens is 7. The number of hydrogen-bond donors (Lipinski definition) is 1. The molecule has 10 heteroatoms. The third-order valence-corrected chi connectivity index (χ3v) is 5.24. The Kier molecular flexibility index (Phi) is 4.74. The van der Waals surface area contributed by atoms with Crippen LogP contribution in [0.3, 0.4) is 0 Å². The van der Waals surface area contributed by atoms with Gasteiger partial charge in [-0.2, -0.15) is 10.2 Å². The predicted octanol–water partition coefficient (Wildman–Crippen LogP) is 3.41. The molecule has 2 N–H and O–H groups in total. The summed E-state index contributed by atoms with van der Waals surface area (Å²) < 4.78 is 22.7. The zero-order valence-corrected chi connectivity index (χ0v) is 17.3. The second-order valence-electron chi connectivity index (χ2n) is 7.16. The van der Waals surface area contributed by atoms with Crippen LogP contribution in [0.2, 0.25) is 0 Å². The molecule has 0 spiro atoms. The Hall–Kier alpha value is -4.34. The summed E-state index contributed by atoms with van der Waals surface area (Å²) in [6.07, 6.45) is 4.84. The fraction of sp³-hybridized carbons (Fsp3) is 0.136. The van der Waals surface area contributed by atoms with Crippen molar-refractivity contribution in [3.05, 3.63) is 72.6 Å². The summed E-state index contributed by atoms with van der Waals surface area (Å²) in [6, 6.07) is 11.6. The molecular formula is C22H19FN8O. The molecular weight excluding hydrogens is 411 g/mol. The number of halogens is 1. The molecule has 1 aromatic carbocycles. The Labute approximate surface area is 182 Å². The number of anilines is 1. The summed E-state index contributed by atoms with van der Waals surface area (Å²) in [5.41, 5.74) is 9.07. The standard InChI is InChI=1S/C22H19FN8O/c1-13(14-10-27-30(11-14)17-8-4-3-6-15(17)23)31-22-19(21(24)25-12-26-22)20(29-31)16-7-5-9-18(28-16)32-2/h3-13H,1-2H3,(H2,24,25,26). The van der Waals surface area contributed by atoms with E-state index in [1.807, 2.05) is 19.1 Å². The first kappa shape index (κ1) is 19.6. The third-order valence-electron chi connectivity index (χ3n) is 5.24. The predicted molar refractivity (Wildman–Crippen MR) is 117 cm³/mol.